The number of benzene rings is 1. The van der Waals surface area contributed by atoms with Crippen LogP contribution in [0.15, 0.2) is 54.1 Å². The molecule has 1 aromatic carbocycles. The minimum atomic E-state index is 0.0655. The average molecular weight is 310 g/mol. The van der Waals surface area contributed by atoms with Crippen LogP contribution >= 0.6 is 0 Å². The number of fused-ring (bicyclic) bond motifs is 1. The molecular formula is C21H26O2. The highest BCUT2D eigenvalue weighted by molar-refractivity contribution is 5.93. The van der Waals surface area contributed by atoms with Gasteiger partial charge < -0.3 is 4.74 Å². The zero-order valence-electron chi connectivity index (χ0n) is 14.3. The summed E-state index contributed by atoms with van der Waals surface area (Å²) in [6, 6.07) is 10.2. The van der Waals surface area contributed by atoms with Gasteiger partial charge in [-0.15, -0.1) is 0 Å². The molecule has 0 unspecified atom stereocenters. The predicted octanol–water partition coefficient (Wildman–Crippen LogP) is 4.57. The van der Waals surface area contributed by atoms with Gasteiger partial charge in [0.2, 0.25) is 0 Å². The Bertz CT molecular complexity index is 625. The minimum absolute atomic E-state index is 0.0655. The van der Waals surface area contributed by atoms with E-state index in [1.54, 1.807) is 6.08 Å². The molecule has 0 fully saturated rings. The number of carbonyl (C=O) groups is 1. The first-order valence-electron chi connectivity index (χ1n) is 8.50. The fourth-order valence-electron chi connectivity index (χ4n) is 3.98. The van der Waals surface area contributed by atoms with Crippen molar-refractivity contribution in [3.63, 3.8) is 0 Å². The third-order valence-corrected chi connectivity index (χ3v) is 5.52. The van der Waals surface area contributed by atoms with E-state index >= 15 is 0 Å². The Labute approximate surface area is 139 Å². The molecule has 23 heavy (non-hydrogen) atoms. The molecule has 3 rings (SSSR count). The largest absolute Gasteiger partial charge is 0.376 e. The molecule has 0 N–H and O–H groups in total. The molecule has 0 amide bonds. The van der Waals surface area contributed by atoms with Gasteiger partial charge in [-0.05, 0) is 36.3 Å². The SMILES string of the molecule is CC1=CC[C@@H]2[C@H](C(=O)C=CC2(C)C)[C@H]1COCc1ccccc1. The second kappa shape index (κ2) is 6.45. The van der Waals surface area contributed by atoms with Crippen molar-refractivity contribution < 1.29 is 9.53 Å². The summed E-state index contributed by atoms with van der Waals surface area (Å²) in [6.07, 6.45) is 7.19. The Hall–Kier alpha value is -1.67. The first kappa shape index (κ1) is 16.2. The number of hydrogen-bond donors (Lipinski definition) is 0. The lowest BCUT2D eigenvalue weighted by Gasteiger charge is -2.45. The number of ketones is 1. The van der Waals surface area contributed by atoms with E-state index in [0.29, 0.717) is 19.1 Å². The topological polar surface area (TPSA) is 26.3 Å². The van der Waals surface area contributed by atoms with Crippen molar-refractivity contribution in [2.75, 3.05) is 6.61 Å². The zero-order valence-corrected chi connectivity index (χ0v) is 14.3. The number of ether oxygens (including phenoxy) is 1. The van der Waals surface area contributed by atoms with Gasteiger partial charge in [0.15, 0.2) is 5.78 Å². The van der Waals surface area contributed by atoms with Gasteiger partial charge in [0.25, 0.3) is 0 Å². The van der Waals surface area contributed by atoms with Gasteiger partial charge in [-0.2, -0.15) is 0 Å². The van der Waals surface area contributed by atoms with Gasteiger partial charge in [0.1, 0.15) is 0 Å². The molecule has 0 spiro atoms. The Balaban J connectivity index is 1.72. The van der Waals surface area contributed by atoms with Crippen LogP contribution in [-0.4, -0.2) is 12.4 Å². The van der Waals surface area contributed by atoms with Crippen molar-refractivity contribution in [1.82, 2.24) is 0 Å². The van der Waals surface area contributed by atoms with E-state index in [1.807, 2.05) is 18.2 Å². The van der Waals surface area contributed by atoms with Crippen molar-refractivity contribution >= 4 is 5.78 Å². The highest BCUT2D eigenvalue weighted by Crippen LogP contribution is 2.48. The second-order valence-corrected chi connectivity index (χ2v) is 7.48. The molecule has 0 aliphatic heterocycles. The summed E-state index contributed by atoms with van der Waals surface area (Å²) < 4.78 is 5.98. The molecule has 2 nitrogen and oxygen atoms in total. The summed E-state index contributed by atoms with van der Waals surface area (Å²) in [7, 11) is 0. The van der Waals surface area contributed by atoms with Crippen LogP contribution in [0.4, 0.5) is 0 Å². The maximum Gasteiger partial charge on any atom is 0.159 e. The normalized spacial score (nSPS) is 29.1. The van der Waals surface area contributed by atoms with E-state index in [0.717, 1.165) is 6.42 Å². The van der Waals surface area contributed by atoms with Gasteiger partial charge in [0.05, 0.1) is 13.2 Å². The number of rotatable bonds is 4. The molecule has 0 saturated carbocycles. The van der Waals surface area contributed by atoms with Gasteiger partial charge in [0, 0.05) is 11.8 Å². The first-order chi connectivity index (χ1) is 11.0. The summed E-state index contributed by atoms with van der Waals surface area (Å²) in [5.41, 5.74) is 2.56. The van der Waals surface area contributed by atoms with Crippen LogP contribution in [0.25, 0.3) is 0 Å². The summed E-state index contributed by atoms with van der Waals surface area (Å²) in [5, 5.41) is 0. The fourth-order valence-corrected chi connectivity index (χ4v) is 3.98. The van der Waals surface area contributed by atoms with E-state index < -0.39 is 0 Å². The predicted molar refractivity (Wildman–Crippen MR) is 92.9 cm³/mol. The zero-order chi connectivity index (χ0) is 16.4. The Kier molecular flexibility index (Phi) is 4.54. The van der Waals surface area contributed by atoms with E-state index in [1.165, 1.54) is 11.1 Å². The maximum absolute atomic E-state index is 12.5. The van der Waals surface area contributed by atoms with Crippen molar-refractivity contribution in [3.8, 4) is 0 Å². The highest BCUT2D eigenvalue weighted by atomic mass is 16.5. The summed E-state index contributed by atoms with van der Waals surface area (Å²) in [5.74, 6) is 0.925. The van der Waals surface area contributed by atoms with E-state index in [-0.39, 0.29) is 23.0 Å². The molecule has 0 radical (unpaired) electrons. The lowest BCUT2D eigenvalue weighted by Crippen LogP contribution is -2.44. The molecule has 0 heterocycles. The Morgan fingerprint density at radius 3 is 2.70 bits per heavy atom. The lowest BCUT2D eigenvalue weighted by molar-refractivity contribution is -0.125. The molecule has 0 saturated heterocycles. The maximum atomic E-state index is 12.5. The molecule has 2 heteroatoms. The summed E-state index contributed by atoms with van der Waals surface area (Å²) in [4.78, 5) is 12.5. The number of allylic oxidation sites excluding steroid dienone is 3. The second-order valence-electron chi connectivity index (χ2n) is 7.48. The van der Waals surface area contributed by atoms with Gasteiger partial charge >= 0.3 is 0 Å². The van der Waals surface area contributed by atoms with Crippen LogP contribution in [0.2, 0.25) is 0 Å². The minimum Gasteiger partial charge on any atom is -0.376 e. The van der Waals surface area contributed by atoms with Crippen LogP contribution in [0.5, 0.6) is 0 Å². The molecule has 3 atom stereocenters. The van der Waals surface area contributed by atoms with Crippen LogP contribution in [-0.2, 0) is 16.1 Å². The third kappa shape index (κ3) is 3.32. The molecule has 122 valence electrons. The fraction of sp³-hybridized carbons (Fsp3) is 0.476. The summed E-state index contributed by atoms with van der Waals surface area (Å²) >= 11 is 0. The standard InChI is InChI=1S/C21H26O2/c1-15-9-10-18-20(19(22)11-12-21(18,2)3)17(15)14-23-13-16-7-5-4-6-8-16/h4-9,11-12,17-18,20H,10,13-14H2,1-3H3/t17-,18+,20+/m0/s1. The van der Waals surface area contributed by atoms with Gasteiger partial charge in [-0.3, -0.25) is 4.79 Å². The first-order valence-corrected chi connectivity index (χ1v) is 8.50. The molecule has 1 aromatic rings. The summed E-state index contributed by atoms with van der Waals surface area (Å²) in [6.45, 7) is 7.85. The molecule has 2 aliphatic rings. The quantitative estimate of drug-likeness (QED) is 0.762. The lowest BCUT2D eigenvalue weighted by atomic mass is 9.58. The molecular weight excluding hydrogens is 284 g/mol. The number of hydrogen-bond acceptors (Lipinski definition) is 2. The van der Waals surface area contributed by atoms with Crippen molar-refractivity contribution in [3.05, 3.63) is 59.7 Å². The van der Waals surface area contributed by atoms with Crippen LogP contribution in [0, 0.1) is 23.2 Å². The van der Waals surface area contributed by atoms with Gasteiger partial charge in [-0.25, -0.2) is 0 Å². The highest BCUT2D eigenvalue weighted by Gasteiger charge is 2.45. The molecule has 2 aliphatic carbocycles. The smallest absolute Gasteiger partial charge is 0.159 e. The monoisotopic (exact) mass is 310 g/mol. The third-order valence-electron chi connectivity index (χ3n) is 5.52. The van der Waals surface area contributed by atoms with Crippen LogP contribution in [0.3, 0.4) is 0 Å². The van der Waals surface area contributed by atoms with Crippen molar-refractivity contribution in [1.29, 1.82) is 0 Å². The van der Waals surface area contributed by atoms with E-state index in [4.69, 9.17) is 4.74 Å². The Morgan fingerprint density at radius 2 is 1.96 bits per heavy atom. The van der Waals surface area contributed by atoms with Crippen LogP contribution in [0.1, 0.15) is 32.8 Å². The number of carbonyl (C=O) groups excluding carboxylic acids is 1. The Morgan fingerprint density at radius 1 is 1.22 bits per heavy atom. The van der Waals surface area contributed by atoms with E-state index in [9.17, 15) is 4.79 Å². The van der Waals surface area contributed by atoms with Crippen molar-refractivity contribution in [2.45, 2.75) is 33.8 Å². The van der Waals surface area contributed by atoms with E-state index in [2.05, 4.69) is 45.1 Å². The van der Waals surface area contributed by atoms with Crippen molar-refractivity contribution in [2.24, 2.45) is 23.2 Å². The molecule has 0 aromatic heterocycles. The van der Waals surface area contributed by atoms with Gasteiger partial charge in [-0.1, -0.05) is 61.9 Å². The molecule has 0 bridgehead atoms. The average Bonchev–Trinajstić information content (AvgIpc) is 2.54. The van der Waals surface area contributed by atoms with Crippen LogP contribution < -0.4 is 0 Å².